The van der Waals surface area contributed by atoms with E-state index in [1.54, 1.807) is 18.5 Å². The van der Waals surface area contributed by atoms with Gasteiger partial charge in [-0.2, -0.15) is 0 Å². The molecule has 0 radical (unpaired) electrons. The van der Waals surface area contributed by atoms with Crippen LogP contribution in [0.4, 0.5) is 11.6 Å². The molecule has 2 aromatic heterocycles. The van der Waals surface area contributed by atoms with Crippen LogP contribution in [0.2, 0.25) is 0 Å². The largest absolute Gasteiger partial charge is 0.437 e. The van der Waals surface area contributed by atoms with Gasteiger partial charge in [0.2, 0.25) is 11.8 Å². The van der Waals surface area contributed by atoms with Gasteiger partial charge in [0.05, 0.1) is 23.4 Å². The number of aromatic nitrogens is 3. The third kappa shape index (κ3) is 3.83. The second-order valence-electron chi connectivity index (χ2n) is 8.12. The molecule has 1 saturated carbocycles. The second-order valence-corrected chi connectivity index (χ2v) is 8.12. The summed E-state index contributed by atoms with van der Waals surface area (Å²) in [4.78, 5) is 12.8. The highest BCUT2D eigenvalue weighted by molar-refractivity contribution is 5.98. The lowest BCUT2D eigenvalue weighted by Crippen LogP contribution is -2.27. The Kier molecular flexibility index (Phi) is 5.33. The van der Waals surface area contributed by atoms with Gasteiger partial charge in [0.1, 0.15) is 5.75 Å². The number of nitrogen functional groups attached to an aromatic ring is 1. The SMILES string of the molecule is Cc1ccc2c(NC3CCCC3O)cccc2c1Oc1ncccc1-c1ccnc(N)n1. The van der Waals surface area contributed by atoms with Gasteiger partial charge in [0.15, 0.2) is 0 Å². The number of anilines is 2. The molecule has 4 aromatic rings. The lowest BCUT2D eigenvalue weighted by Gasteiger charge is -2.20. The lowest BCUT2D eigenvalue weighted by molar-refractivity contribution is 0.172. The zero-order valence-corrected chi connectivity index (χ0v) is 17.8. The van der Waals surface area contributed by atoms with Crippen molar-refractivity contribution in [2.75, 3.05) is 11.1 Å². The van der Waals surface area contributed by atoms with Crippen LogP contribution < -0.4 is 15.8 Å². The zero-order chi connectivity index (χ0) is 22.1. The Morgan fingerprint density at radius 1 is 1.00 bits per heavy atom. The first-order chi connectivity index (χ1) is 15.6. The molecule has 1 fully saturated rings. The van der Waals surface area contributed by atoms with Gasteiger partial charge in [-0.3, -0.25) is 0 Å². The number of nitrogens with one attached hydrogen (secondary N) is 1. The highest BCUT2D eigenvalue weighted by Gasteiger charge is 2.25. The Bertz CT molecular complexity index is 1280. The number of hydrogen-bond donors (Lipinski definition) is 3. The molecule has 2 aromatic carbocycles. The summed E-state index contributed by atoms with van der Waals surface area (Å²) in [5, 5.41) is 15.8. The molecule has 1 aliphatic carbocycles. The predicted molar refractivity (Wildman–Crippen MR) is 126 cm³/mol. The molecule has 7 heteroatoms. The minimum Gasteiger partial charge on any atom is -0.437 e. The summed E-state index contributed by atoms with van der Waals surface area (Å²) in [7, 11) is 0. The number of pyridine rings is 1. The van der Waals surface area contributed by atoms with Gasteiger partial charge in [-0.25, -0.2) is 15.0 Å². The summed E-state index contributed by atoms with van der Waals surface area (Å²) in [6.07, 6.45) is 5.83. The van der Waals surface area contributed by atoms with E-state index in [2.05, 4.69) is 26.3 Å². The van der Waals surface area contributed by atoms with E-state index in [1.807, 2.05) is 43.3 Å². The maximum atomic E-state index is 10.3. The third-order valence-electron chi connectivity index (χ3n) is 5.95. The molecule has 0 bridgehead atoms. The van der Waals surface area contributed by atoms with E-state index >= 15 is 0 Å². The fraction of sp³-hybridized carbons (Fsp3) is 0.240. The van der Waals surface area contributed by atoms with E-state index in [1.165, 1.54) is 0 Å². The fourth-order valence-corrected chi connectivity index (χ4v) is 4.30. The molecule has 0 saturated heterocycles. The molecule has 0 aliphatic heterocycles. The molecule has 2 heterocycles. The number of aryl methyl sites for hydroxylation is 1. The van der Waals surface area contributed by atoms with Crippen LogP contribution >= 0.6 is 0 Å². The maximum Gasteiger partial charge on any atom is 0.228 e. The van der Waals surface area contributed by atoms with Crippen molar-refractivity contribution < 1.29 is 9.84 Å². The summed E-state index contributed by atoms with van der Waals surface area (Å²) >= 11 is 0. The summed E-state index contributed by atoms with van der Waals surface area (Å²) in [6.45, 7) is 2.01. The van der Waals surface area contributed by atoms with Gasteiger partial charge in [-0.15, -0.1) is 0 Å². The molecule has 1 aliphatic rings. The van der Waals surface area contributed by atoms with Gasteiger partial charge in [0, 0.05) is 28.9 Å². The monoisotopic (exact) mass is 427 g/mol. The number of nitrogens with zero attached hydrogens (tertiary/aromatic N) is 3. The van der Waals surface area contributed by atoms with Crippen LogP contribution in [-0.2, 0) is 0 Å². The standard InChI is InChI=1S/C25H25N5O2/c1-15-10-11-16-17(5-2-7-19(16)29-21-8-3-9-22(21)31)23(15)32-24-18(6-4-13-27-24)20-12-14-28-25(26)30-20/h2,4-7,10-14,21-22,29,31H,3,8-9H2,1H3,(H2,26,28,30). The molecule has 2 unspecified atom stereocenters. The van der Waals surface area contributed by atoms with Crippen LogP contribution in [0.15, 0.2) is 60.9 Å². The van der Waals surface area contributed by atoms with Crippen LogP contribution in [-0.4, -0.2) is 32.2 Å². The first-order valence-corrected chi connectivity index (χ1v) is 10.8. The number of rotatable bonds is 5. The highest BCUT2D eigenvalue weighted by atomic mass is 16.5. The van der Waals surface area contributed by atoms with Crippen molar-refractivity contribution in [3.63, 3.8) is 0 Å². The smallest absolute Gasteiger partial charge is 0.228 e. The fourth-order valence-electron chi connectivity index (χ4n) is 4.30. The molecular formula is C25H25N5O2. The van der Waals surface area contributed by atoms with E-state index in [9.17, 15) is 5.11 Å². The van der Waals surface area contributed by atoms with Crippen LogP contribution in [0.3, 0.4) is 0 Å². The number of benzene rings is 2. The first-order valence-electron chi connectivity index (χ1n) is 10.8. The van der Waals surface area contributed by atoms with Crippen molar-refractivity contribution >= 4 is 22.4 Å². The Morgan fingerprint density at radius 2 is 1.91 bits per heavy atom. The highest BCUT2D eigenvalue weighted by Crippen LogP contribution is 2.39. The van der Waals surface area contributed by atoms with E-state index in [-0.39, 0.29) is 18.1 Å². The van der Waals surface area contributed by atoms with Crippen molar-refractivity contribution in [2.45, 2.75) is 38.3 Å². The molecule has 0 amide bonds. The van der Waals surface area contributed by atoms with Gasteiger partial charge >= 0.3 is 0 Å². The normalized spacial score (nSPS) is 18.1. The van der Waals surface area contributed by atoms with Gasteiger partial charge in [0.25, 0.3) is 0 Å². The summed E-state index contributed by atoms with van der Waals surface area (Å²) in [5.74, 6) is 1.38. The number of hydrogen-bond acceptors (Lipinski definition) is 7. The van der Waals surface area contributed by atoms with Gasteiger partial charge in [-0.05, 0) is 56.0 Å². The number of ether oxygens (including phenoxy) is 1. The quantitative estimate of drug-likeness (QED) is 0.424. The molecule has 0 spiro atoms. The number of aliphatic hydroxyl groups is 1. The lowest BCUT2D eigenvalue weighted by atomic mass is 10.0. The second kappa shape index (κ2) is 8.43. The molecule has 4 N–H and O–H groups in total. The van der Waals surface area contributed by atoms with E-state index in [4.69, 9.17) is 10.5 Å². The minimum absolute atomic E-state index is 0.0666. The maximum absolute atomic E-state index is 10.3. The topological polar surface area (TPSA) is 106 Å². The van der Waals surface area contributed by atoms with E-state index in [0.29, 0.717) is 11.6 Å². The van der Waals surface area contributed by atoms with Crippen LogP contribution in [0.5, 0.6) is 11.6 Å². The number of fused-ring (bicyclic) bond motifs is 1. The Labute approximate surface area is 186 Å². The van der Waals surface area contributed by atoms with Gasteiger partial charge < -0.3 is 20.9 Å². The number of nitrogens with two attached hydrogens (primary N) is 1. The third-order valence-corrected chi connectivity index (χ3v) is 5.95. The predicted octanol–water partition coefficient (Wildman–Crippen LogP) is 4.70. The van der Waals surface area contributed by atoms with Crippen molar-refractivity contribution in [1.29, 1.82) is 0 Å². The van der Waals surface area contributed by atoms with Gasteiger partial charge in [-0.1, -0.05) is 24.3 Å². The van der Waals surface area contributed by atoms with Crippen LogP contribution in [0.1, 0.15) is 24.8 Å². The Morgan fingerprint density at radius 3 is 2.72 bits per heavy atom. The van der Waals surface area contributed by atoms with E-state index in [0.717, 1.165) is 52.6 Å². The summed E-state index contributed by atoms with van der Waals surface area (Å²) in [5.41, 5.74) is 9.15. The van der Waals surface area contributed by atoms with E-state index < -0.39 is 0 Å². The van der Waals surface area contributed by atoms with Crippen LogP contribution in [0.25, 0.3) is 22.0 Å². The molecule has 162 valence electrons. The molecule has 7 nitrogen and oxygen atoms in total. The van der Waals surface area contributed by atoms with Crippen molar-refractivity contribution in [1.82, 2.24) is 15.0 Å². The minimum atomic E-state index is -0.317. The van der Waals surface area contributed by atoms with Crippen molar-refractivity contribution in [3.05, 3.63) is 66.5 Å². The van der Waals surface area contributed by atoms with Crippen molar-refractivity contribution in [2.24, 2.45) is 0 Å². The Balaban J connectivity index is 1.56. The molecule has 2 atom stereocenters. The zero-order valence-electron chi connectivity index (χ0n) is 17.8. The molecular weight excluding hydrogens is 402 g/mol. The average Bonchev–Trinajstić information content (AvgIpc) is 3.20. The summed E-state index contributed by atoms with van der Waals surface area (Å²) in [6, 6.07) is 15.8. The van der Waals surface area contributed by atoms with Crippen LogP contribution in [0, 0.1) is 6.92 Å². The van der Waals surface area contributed by atoms with Crippen molar-refractivity contribution in [3.8, 4) is 22.9 Å². The molecule has 5 rings (SSSR count). The number of aliphatic hydroxyl groups excluding tert-OH is 1. The molecule has 32 heavy (non-hydrogen) atoms. The first kappa shape index (κ1) is 20.2. The average molecular weight is 428 g/mol. The Hall–Kier alpha value is -3.71. The summed E-state index contributed by atoms with van der Waals surface area (Å²) < 4.78 is 6.40.